The second-order valence-electron chi connectivity index (χ2n) is 2.41. The molecule has 1 aromatic rings. The Morgan fingerprint density at radius 2 is 1.90 bits per heavy atom. The highest BCUT2D eigenvalue weighted by molar-refractivity contribution is 5.28. The Hall–Kier alpha value is -1.02. The predicted molar refractivity (Wildman–Crippen MR) is 36.8 cm³/mol. The zero-order valence-corrected chi connectivity index (χ0v) is 5.45. The first kappa shape index (κ1) is 5.74. The summed E-state index contributed by atoms with van der Waals surface area (Å²) < 4.78 is 5.05. The van der Waals surface area contributed by atoms with E-state index in [1.54, 1.807) is 12.1 Å². The topological polar surface area (TPSA) is 32.8 Å². The minimum absolute atomic E-state index is 0.292. The standard InChI is InChI=1S/C8H8O2/c9-7-3-1-6(2-4-7)8-5-10-8/h1-4,8-9H,5H2. The van der Waals surface area contributed by atoms with Crippen molar-refractivity contribution < 1.29 is 9.84 Å². The van der Waals surface area contributed by atoms with Gasteiger partial charge in [0, 0.05) is 0 Å². The molecule has 0 bridgehead atoms. The fourth-order valence-electron chi connectivity index (χ4n) is 0.930. The van der Waals surface area contributed by atoms with Crippen LogP contribution >= 0.6 is 0 Å². The van der Waals surface area contributed by atoms with Crippen molar-refractivity contribution in [1.29, 1.82) is 0 Å². The Morgan fingerprint density at radius 3 is 2.40 bits per heavy atom. The Morgan fingerprint density at radius 1 is 1.30 bits per heavy atom. The lowest BCUT2D eigenvalue weighted by molar-refractivity contribution is 0.415. The third kappa shape index (κ3) is 0.977. The van der Waals surface area contributed by atoms with Crippen molar-refractivity contribution >= 4 is 0 Å². The van der Waals surface area contributed by atoms with Crippen molar-refractivity contribution in [2.45, 2.75) is 6.10 Å². The molecule has 0 radical (unpaired) electrons. The van der Waals surface area contributed by atoms with Crippen LogP contribution in [0.4, 0.5) is 0 Å². The van der Waals surface area contributed by atoms with Crippen LogP contribution in [0.1, 0.15) is 11.7 Å². The van der Waals surface area contributed by atoms with E-state index in [4.69, 9.17) is 9.84 Å². The van der Waals surface area contributed by atoms with Gasteiger partial charge in [0.15, 0.2) is 0 Å². The molecule has 1 heterocycles. The van der Waals surface area contributed by atoms with Gasteiger partial charge >= 0.3 is 0 Å². The van der Waals surface area contributed by atoms with E-state index < -0.39 is 0 Å². The number of benzene rings is 1. The molecule has 1 atom stereocenters. The molecule has 10 heavy (non-hydrogen) atoms. The molecule has 1 unspecified atom stereocenters. The maximum Gasteiger partial charge on any atom is 0.115 e. The number of epoxide rings is 1. The number of hydrogen-bond acceptors (Lipinski definition) is 2. The van der Waals surface area contributed by atoms with Gasteiger partial charge in [0.25, 0.3) is 0 Å². The Balaban J connectivity index is 2.28. The molecule has 1 fully saturated rings. The Kier molecular flexibility index (Phi) is 1.14. The Bertz CT molecular complexity index is 224. The molecule has 0 aromatic heterocycles. The molecule has 2 rings (SSSR count). The molecule has 0 spiro atoms. The molecule has 0 saturated carbocycles. The van der Waals surface area contributed by atoms with E-state index in [1.165, 1.54) is 0 Å². The molecular weight excluding hydrogens is 128 g/mol. The molecule has 0 amide bonds. The molecule has 52 valence electrons. The molecule has 1 aromatic carbocycles. The first-order chi connectivity index (χ1) is 4.86. The van der Waals surface area contributed by atoms with Crippen molar-refractivity contribution in [2.75, 3.05) is 6.61 Å². The lowest BCUT2D eigenvalue weighted by Crippen LogP contribution is -1.76. The van der Waals surface area contributed by atoms with Crippen molar-refractivity contribution in [2.24, 2.45) is 0 Å². The number of rotatable bonds is 1. The molecule has 2 nitrogen and oxygen atoms in total. The normalized spacial score (nSPS) is 22.6. The summed E-state index contributed by atoms with van der Waals surface area (Å²) in [5.74, 6) is 0.310. The van der Waals surface area contributed by atoms with Crippen molar-refractivity contribution in [3.8, 4) is 5.75 Å². The average Bonchev–Trinajstić information content (AvgIpc) is 2.71. The fraction of sp³-hybridized carbons (Fsp3) is 0.250. The fourth-order valence-corrected chi connectivity index (χ4v) is 0.930. The summed E-state index contributed by atoms with van der Waals surface area (Å²) >= 11 is 0. The first-order valence-corrected chi connectivity index (χ1v) is 3.27. The zero-order valence-electron chi connectivity index (χ0n) is 5.45. The van der Waals surface area contributed by atoms with Crippen LogP contribution in [-0.4, -0.2) is 11.7 Å². The van der Waals surface area contributed by atoms with Gasteiger partial charge in [-0.3, -0.25) is 0 Å². The van der Waals surface area contributed by atoms with E-state index in [-0.39, 0.29) is 0 Å². The van der Waals surface area contributed by atoms with Crippen molar-refractivity contribution in [3.63, 3.8) is 0 Å². The van der Waals surface area contributed by atoms with E-state index in [1.807, 2.05) is 12.1 Å². The smallest absolute Gasteiger partial charge is 0.115 e. The largest absolute Gasteiger partial charge is 0.508 e. The van der Waals surface area contributed by atoms with Gasteiger partial charge in [-0.1, -0.05) is 12.1 Å². The highest BCUT2D eigenvalue weighted by atomic mass is 16.6. The summed E-state index contributed by atoms with van der Waals surface area (Å²) in [7, 11) is 0. The monoisotopic (exact) mass is 136 g/mol. The van der Waals surface area contributed by atoms with Gasteiger partial charge in [-0.05, 0) is 17.7 Å². The average molecular weight is 136 g/mol. The minimum Gasteiger partial charge on any atom is -0.508 e. The van der Waals surface area contributed by atoms with Gasteiger partial charge in [0.2, 0.25) is 0 Å². The van der Waals surface area contributed by atoms with E-state index in [0.717, 1.165) is 12.2 Å². The van der Waals surface area contributed by atoms with E-state index in [9.17, 15) is 0 Å². The van der Waals surface area contributed by atoms with Crippen LogP contribution in [-0.2, 0) is 4.74 Å². The summed E-state index contributed by atoms with van der Waals surface area (Å²) in [6.07, 6.45) is 0.292. The Labute approximate surface area is 59.1 Å². The van der Waals surface area contributed by atoms with Crippen LogP contribution < -0.4 is 0 Å². The van der Waals surface area contributed by atoms with Gasteiger partial charge in [-0.15, -0.1) is 0 Å². The molecule has 1 aliphatic rings. The second-order valence-corrected chi connectivity index (χ2v) is 2.41. The SMILES string of the molecule is Oc1ccc(C2CO2)cc1. The lowest BCUT2D eigenvalue weighted by atomic mass is 10.2. The first-order valence-electron chi connectivity index (χ1n) is 3.27. The quantitative estimate of drug-likeness (QED) is 0.593. The van der Waals surface area contributed by atoms with Gasteiger partial charge in [-0.2, -0.15) is 0 Å². The highest BCUT2D eigenvalue weighted by Crippen LogP contribution is 2.30. The van der Waals surface area contributed by atoms with Gasteiger partial charge in [-0.25, -0.2) is 0 Å². The van der Waals surface area contributed by atoms with E-state index in [2.05, 4.69) is 0 Å². The highest BCUT2D eigenvalue weighted by Gasteiger charge is 2.23. The number of phenolic OH excluding ortho intramolecular Hbond substituents is 1. The molecular formula is C8H8O2. The van der Waals surface area contributed by atoms with Crippen LogP contribution in [0, 0.1) is 0 Å². The summed E-state index contributed by atoms with van der Waals surface area (Å²) in [5, 5.41) is 8.92. The number of aromatic hydroxyl groups is 1. The summed E-state index contributed by atoms with van der Waals surface area (Å²) in [6, 6.07) is 7.12. The maximum absolute atomic E-state index is 8.92. The third-order valence-electron chi connectivity index (χ3n) is 1.60. The molecule has 0 aliphatic carbocycles. The molecule has 2 heteroatoms. The van der Waals surface area contributed by atoms with Crippen LogP contribution in [0.15, 0.2) is 24.3 Å². The molecule has 1 saturated heterocycles. The van der Waals surface area contributed by atoms with E-state index >= 15 is 0 Å². The number of ether oxygens (including phenoxy) is 1. The lowest BCUT2D eigenvalue weighted by Gasteiger charge is -1.93. The maximum atomic E-state index is 8.92. The predicted octanol–water partition coefficient (Wildman–Crippen LogP) is 1.46. The summed E-state index contributed by atoms with van der Waals surface area (Å²) in [5.41, 5.74) is 1.15. The molecule has 1 N–H and O–H groups in total. The second kappa shape index (κ2) is 1.99. The molecule has 1 aliphatic heterocycles. The zero-order chi connectivity index (χ0) is 6.97. The van der Waals surface area contributed by atoms with Gasteiger partial charge < -0.3 is 9.84 Å². The van der Waals surface area contributed by atoms with Crippen molar-refractivity contribution in [1.82, 2.24) is 0 Å². The van der Waals surface area contributed by atoms with Crippen LogP contribution in [0.2, 0.25) is 0 Å². The number of phenols is 1. The minimum atomic E-state index is 0.292. The number of hydrogen-bond donors (Lipinski definition) is 1. The van der Waals surface area contributed by atoms with Crippen molar-refractivity contribution in [3.05, 3.63) is 29.8 Å². The van der Waals surface area contributed by atoms with Crippen LogP contribution in [0.5, 0.6) is 5.75 Å². The third-order valence-corrected chi connectivity index (χ3v) is 1.60. The van der Waals surface area contributed by atoms with Gasteiger partial charge in [0.05, 0.1) is 6.61 Å². The summed E-state index contributed by atoms with van der Waals surface area (Å²) in [4.78, 5) is 0. The summed E-state index contributed by atoms with van der Waals surface area (Å²) in [6.45, 7) is 0.824. The van der Waals surface area contributed by atoms with Crippen LogP contribution in [0.25, 0.3) is 0 Å². The van der Waals surface area contributed by atoms with Crippen LogP contribution in [0.3, 0.4) is 0 Å². The van der Waals surface area contributed by atoms with Gasteiger partial charge in [0.1, 0.15) is 11.9 Å². The van der Waals surface area contributed by atoms with E-state index in [0.29, 0.717) is 11.9 Å².